The van der Waals surface area contributed by atoms with Gasteiger partial charge in [-0.25, -0.2) is 0 Å². The number of likely N-dealkylation sites (N-methyl/N-ethyl adjacent to an activating group) is 1. The number of hydrogen-bond acceptors (Lipinski definition) is 6. The van der Waals surface area contributed by atoms with Gasteiger partial charge in [0, 0.05) is 17.4 Å². The van der Waals surface area contributed by atoms with Crippen LogP contribution in [0, 0.1) is 0 Å². The van der Waals surface area contributed by atoms with Gasteiger partial charge in [0.05, 0.1) is 33.0 Å². The molecule has 2 aliphatic carbocycles. The molecule has 1 spiro atoms. The van der Waals surface area contributed by atoms with E-state index in [2.05, 4.69) is 18.0 Å². The van der Waals surface area contributed by atoms with Gasteiger partial charge in [-0.2, -0.15) is 0 Å². The molecule has 0 saturated carbocycles. The average Bonchev–Trinajstić information content (AvgIpc) is 3.13. The predicted molar refractivity (Wildman–Crippen MR) is 94.3 cm³/mol. The summed E-state index contributed by atoms with van der Waals surface area (Å²) >= 11 is 0. The van der Waals surface area contributed by atoms with E-state index in [4.69, 9.17) is 18.9 Å². The standard InChI is InChI=1S/C20H25NO5/c1-21-10-9-18-8-7-15(24-3)20(22)19(18,21)11-14(26-20)12-5-6-13(23-2)17(25-4)16(12)18/h5-7,14,22H,8-11H2,1-4H3/t14-,18+,19+,20-/m0/s1. The third-order valence-corrected chi connectivity index (χ3v) is 7.26. The van der Waals surface area contributed by atoms with Crippen LogP contribution in [0.1, 0.15) is 36.5 Å². The zero-order chi connectivity index (χ0) is 18.3. The summed E-state index contributed by atoms with van der Waals surface area (Å²) in [6.07, 6.45) is 4.22. The Morgan fingerprint density at radius 2 is 2.00 bits per heavy atom. The molecule has 5 rings (SSSR count). The van der Waals surface area contributed by atoms with Gasteiger partial charge in [-0.1, -0.05) is 6.07 Å². The first kappa shape index (κ1) is 16.4. The van der Waals surface area contributed by atoms with Gasteiger partial charge in [0.2, 0.25) is 5.79 Å². The summed E-state index contributed by atoms with van der Waals surface area (Å²) in [7, 11) is 7.02. The van der Waals surface area contributed by atoms with Crippen molar-refractivity contribution in [3.05, 3.63) is 35.1 Å². The van der Waals surface area contributed by atoms with Crippen LogP contribution in [-0.2, 0) is 14.9 Å². The third-order valence-electron chi connectivity index (χ3n) is 7.26. The topological polar surface area (TPSA) is 60.4 Å². The first-order chi connectivity index (χ1) is 12.5. The van der Waals surface area contributed by atoms with Crippen LogP contribution in [0.3, 0.4) is 0 Å². The van der Waals surface area contributed by atoms with Crippen LogP contribution in [0.15, 0.2) is 24.0 Å². The summed E-state index contributed by atoms with van der Waals surface area (Å²) in [5.74, 6) is 0.531. The number of rotatable bonds is 3. The van der Waals surface area contributed by atoms with Gasteiger partial charge in [-0.05, 0) is 44.1 Å². The lowest BCUT2D eigenvalue weighted by Gasteiger charge is -2.56. The van der Waals surface area contributed by atoms with Gasteiger partial charge < -0.3 is 24.1 Å². The lowest BCUT2D eigenvalue weighted by atomic mass is 9.53. The number of ether oxygens (including phenoxy) is 4. The normalized spacial score (nSPS) is 39.9. The molecule has 6 heteroatoms. The van der Waals surface area contributed by atoms with Crippen molar-refractivity contribution in [2.24, 2.45) is 0 Å². The Hall–Kier alpha value is -1.76. The number of nitrogens with zero attached hydrogens (tertiary/aromatic N) is 1. The number of benzene rings is 1. The second-order valence-electron chi connectivity index (χ2n) is 7.81. The molecule has 0 unspecified atom stereocenters. The number of aliphatic hydroxyl groups is 1. The molecule has 2 saturated heterocycles. The largest absolute Gasteiger partial charge is 0.496 e. The maximum atomic E-state index is 11.8. The first-order valence-electron chi connectivity index (χ1n) is 9.10. The molecule has 1 N–H and O–H groups in total. The van der Waals surface area contributed by atoms with Crippen molar-refractivity contribution in [3.63, 3.8) is 0 Å². The van der Waals surface area contributed by atoms with E-state index in [0.717, 1.165) is 48.4 Å². The lowest BCUT2D eigenvalue weighted by Crippen LogP contribution is -2.69. The van der Waals surface area contributed by atoms with E-state index in [1.54, 1.807) is 21.3 Å². The number of methoxy groups -OCH3 is 3. The highest BCUT2D eigenvalue weighted by molar-refractivity contribution is 5.62. The molecule has 140 valence electrons. The smallest absolute Gasteiger partial charge is 0.245 e. The Morgan fingerprint density at radius 3 is 2.69 bits per heavy atom. The molecule has 2 heterocycles. The number of hydrogen-bond donors (Lipinski definition) is 1. The van der Waals surface area contributed by atoms with Crippen LogP contribution in [0.4, 0.5) is 0 Å². The molecule has 1 aromatic rings. The minimum atomic E-state index is -1.47. The summed E-state index contributed by atoms with van der Waals surface area (Å²) in [6.45, 7) is 0.878. The fourth-order valence-electron chi connectivity index (χ4n) is 6.28. The van der Waals surface area contributed by atoms with Crippen molar-refractivity contribution in [2.75, 3.05) is 34.9 Å². The zero-order valence-corrected chi connectivity index (χ0v) is 15.7. The lowest BCUT2D eigenvalue weighted by molar-refractivity contribution is -0.242. The minimum absolute atomic E-state index is 0.208. The molecule has 6 nitrogen and oxygen atoms in total. The van der Waals surface area contributed by atoms with Crippen molar-refractivity contribution in [3.8, 4) is 11.5 Å². The van der Waals surface area contributed by atoms with Crippen LogP contribution in [0.2, 0.25) is 0 Å². The van der Waals surface area contributed by atoms with E-state index < -0.39 is 11.3 Å². The highest BCUT2D eigenvalue weighted by Gasteiger charge is 2.79. The Morgan fingerprint density at radius 1 is 1.19 bits per heavy atom. The van der Waals surface area contributed by atoms with E-state index in [-0.39, 0.29) is 11.5 Å². The molecule has 0 aromatic heterocycles. The SMILES string of the molecule is COC1=CC[C@]23CCN(C)[C@]24C[C@H](O[C@@]14O)c1ccc(OC)c(OC)c13. The molecule has 0 amide bonds. The van der Waals surface area contributed by atoms with Crippen LogP contribution in [-0.4, -0.2) is 56.3 Å². The van der Waals surface area contributed by atoms with Crippen LogP contribution in [0.25, 0.3) is 0 Å². The summed E-state index contributed by atoms with van der Waals surface area (Å²) in [4.78, 5) is 2.26. The number of allylic oxidation sites excluding steroid dienone is 1. The summed E-state index contributed by atoms with van der Waals surface area (Å²) in [5, 5.41) is 11.8. The van der Waals surface area contributed by atoms with Gasteiger partial charge in [-0.3, -0.25) is 4.90 Å². The Bertz CT molecular complexity index is 823. The first-order valence-corrected chi connectivity index (χ1v) is 9.10. The Kier molecular flexibility index (Phi) is 3.12. The van der Waals surface area contributed by atoms with Crippen molar-refractivity contribution in [1.29, 1.82) is 0 Å². The van der Waals surface area contributed by atoms with Gasteiger partial charge >= 0.3 is 0 Å². The summed E-state index contributed by atoms with van der Waals surface area (Å²) < 4.78 is 23.3. The van der Waals surface area contributed by atoms with Gasteiger partial charge in [0.1, 0.15) is 0 Å². The molecule has 4 aliphatic rings. The quantitative estimate of drug-likeness (QED) is 0.892. The van der Waals surface area contributed by atoms with Crippen molar-refractivity contribution >= 4 is 0 Å². The second-order valence-corrected chi connectivity index (χ2v) is 7.81. The van der Waals surface area contributed by atoms with Crippen molar-refractivity contribution < 1.29 is 24.1 Å². The number of likely N-dealkylation sites (tertiary alicyclic amines) is 1. The highest BCUT2D eigenvalue weighted by Crippen LogP contribution is 2.72. The van der Waals surface area contributed by atoms with E-state index in [1.165, 1.54) is 0 Å². The average molecular weight is 359 g/mol. The van der Waals surface area contributed by atoms with Gasteiger partial charge in [0.15, 0.2) is 17.3 Å². The molecular formula is C20H25NO5. The molecule has 1 aromatic carbocycles. The minimum Gasteiger partial charge on any atom is -0.496 e. The number of fused-ring (bicyclic) bond motifs is 3. The fraction of sp³-hybridized carbons (Fsp3) is 0.600. The molecule has 2 aliphatic heterocycles. The van der Waals surface area contributed by atoms with Gasteiger partial charge in [0.25, 0.3) is 0 Å². The highest BCUT2D eigenvalue weighted by atomic mass is 16.7. The molecule has 2 bridgehead atoms. The Labute approximate surface area is 153 Å². The maximum Gasteiger partial charge on any atom is 0.245 e. The van der Waals surface area contributed by atoms with E-state index in [0.29, 0.717) is 5.76 Å². The Balaban J connectivity index is 1.88. The monoisotopic (exact) mass is 359 g/mol. The zero-order valence-electron chi connectivity index (χ0n) is 15.7. The second kappa shape index (κ2) is 4.94. The van der Waals surface area contributed by atoms with E-state index in [1.807, 2.05) is 12.1 Å². The fourth-order valence-corrected chi connectivity index (χ4v) is 6.28. The molecule has 2 fully saturated rings. The molecule has 4 atom stereocenters. The van der Waals surface area contributed by atoms with Crippen LogP contribution in [0.5, 0.6) is 11.5 Å². The molecule has 0 radical (unpaired) electrons. The van der Waals surface area contributed by atoms with Gasteiger partial charge in [-0.15, -0.1) is 0 Å². The molecule has 26 heavy (non-hydrogen) atoms. The molecular weight excluding hydrogens is 334 g/mol. The van der Waals surface area contributed by atoms with Crippen LogP contribution >= 0.6 is 0 Å². The van der Waals surface area contributed by atoms with Crippen molar-refractivity contribution in [2.45, 2.75) is 42.1 Å². The maximum absolute atomic E-state index is 11.8. The van der Waals surface area contributed by atoms with Crippen molar-refractivity contribution in [1.82, 2.24) is 4.90 Å². The third kappa shape index (κ3) is 1.45. The van der Waals surface area contributed by atoms with E-state index in [9.17, 15) is 5.11 Å². The van der Waals surface area contributed by atoms with Crippen LogP contribution < -0.4 is 9.47 Å². The predicted octanol–water partition coefficient (Wildman–Crippen LogP) is 2.11. The van der Waals surface area contributed by atoms with E-state index >= 15 is 0 Å². The summed E-state index contributed by atoms with van der Waals surface area (Å²) in [6, 6.07) is 4.00. The summed E-state index contributed by atoms with van der Waals surface area (Å²) in [5.41, 5.74) is 1.34.